The number of ether oxygens (including phenoxy) is 1. The fourth-order valence-corrected chi connectivity index (χ4v) is 1.51. The van der Waals surface area contributed by atoms with Crippen LogP contribution in [0.5, 0.6) is 5.75 Å². The van der Waals surface area contributed by atoms with Crippen molar-refractivity contribution >= 4 is 11.8 Å². The third kappa shape index (κ3) is 4.33. The van der Waals surface area contributed by atoms with Crippen molar-refractivity contribution in [2.45, 2.75) is 17.0 Å². The molecule has 0 spiro atoms. The summed E-state index contributed by atoms with van der Waals surface area (Å²) in [5.74, 6) is -4.74. The van der Waals surface area contributed by atoms with Crippen LogP contribution in [-0.2, 0) is 0 Å². The molecule has 9 heteroatoms. The van der Waals surface area contributed by atoms with Crippen molar-refractivity contribution in [3.63, 3.8) is 0 Å². The number of halogens is 7. The summed E-state index contributed by atoms with van der Waals surface area (Å²) in [6.07, 6.45) is 0. The molecule has 0 aliphatic heterocycles. The Morgan fingerprint density at radius 1 is 1.12 bits per heavy atom. The lowest BCUT2D eigenvalue weighted by molar-refractivity contribution is -0.0526. The van der Waals surface area contributed by atoms with E-state index in [1.807, 2.05) is 0 Å². The van der Waals surface area contributed by atoms with Gasteiger partial charge in [0.15, 0.2) is 11.6 Å². The quantitative estimate of drug-likeness (QED) is 0.607. The standard InChI is InChI=1S/C8H3F7OS/c9-4-1-3(17-8(13,14)15)2-5(6(4)10)16-7(11)12/h1-2,7H. The minimum Gasteiger partial charge on any atom is -0.432 e. The van der Waals surface area contributed by atoms with E-state index in [0.717, 1.165) is 0 Å². The van der Waals surface area contributed by atoms with E-state index in [4.69, 9.17) is 0 Å². The summed E-state index contributed by atoms with van der Waals surface area (Å²) in [4.78, 5) is -0.785. The maximum Gasteiger partial charge on any atom is 0.446 e. The van der Waals surface area contributed by atoms with Gasteiger partial charge in [0.2, 0.25) is 5.82 Å². The van der Waals surface area contributed by atoms with Crippen molar-refractivity contribution in [3.8, 4) is 5.75 Å². The summed E-state index contributed by atoms with van der Waals surface area (Å²) >= 11 is -0.767. The van der Waals surface area contributed by atoms with Crippen LogP contribution in [0.1, 0.15) is 0 Å². The molecule has 0 heterocycles. The molecule has 1 nitrogen and oxygen atoms in total. The second kappa shape index (κ2) is 5.03. The Morgan fingerprint density at radius 2 is 1.71 bits per heavy atom. The topological polar surface area (TPSA) is 9.23 Å². The van der Waals surface area contributed by atoms with Crippen molar-refractivity contribution in [2.24, 2.45) is 0 Å². The highest BCUT2D eigenvalue weighted by Gasteiger charge is 2.30. The lowest BCUT2D eigenvalue weighted by Gasteiger charge is -2.10. The van der Waals surface area contributed by atoms with E-state index in [1.54, 1.807) is 0 Å². The maximum absolute atomic E-state index is 12.9. The molecule has 0 atom stereocenters. The molecule has 0 aromatic heterocycles. The predicted octanol–water partition coefficient (Wildman–Crippen LogP) is 4.18. The molecule has 0 aliphatic rings. The van der Waals surface area contributed by atoms with E-state index in [1.165, 1.54) is 0 Å². The molecule has 0 bridgehead atoms. The first kappa shape index (κ1) is 13.9. The molecule has 0 N–H and O–H groups in total. The second-order valence-corrected chi connectivity index (χ2v) is 3.78. The monoisotopic (exact) mass is 280 g/mol. The van der Waals surface area contributed by atoms with Crippen LogP contribution in [0.15, 0.2) is 17.0 Å². The molecule has 0 amide bonds. The number of thioether (sulfide) groups is 1. The maximum atomic E-state index is 12.9. The smallest absolute Gasteiger partial charge is 0.432 e. The van der Waals surface area contributed by atoms with Crippen molar-refractivity contribution < 1.29 is 35.5 Å². The number of rotatable bonds is 3. The van der Waals surface area contributed by atoms with Gasteiger partial charge >= 0.3 is 12.1 Å². The van der Waals surface area contributed by atoms with Crippen LogP contribution in [0, 0.1) is 11.6 Å². The van der Waals surface area contributed by atoms with Crippen molar-refractivity contribution in [1.29, 1.82) is 0 Å². The van der Waals surface area contributed by atoms with E-state index in [2.05, 4.69) is 4.74 Å². The summed E-state index contributed by atoms with van der Waals surface area (Å²) in [6.45, 7) is -3.46. The zero-order chi connectivity index (χ0) is 13.2. The zero-order valence-electron chi connectivity index (χ0n) is 7.69. The average Bonchev–Trinajstić information content (AvgIpc) is 2.09. The molecule has 1 aromatic rings. The van der Waals surface area contributed by atoms with Crippen molar-refractivity contribution in [3.05, 3.63) is 23.8 Å². The van der Waals surface area contributed by atoms with Gasteiger partial charge in [-0.3, -0.25) is 0 Å². The van der Waals surface area contributed by atoms with Crippen molar-refractivity contribution in [2.75, 3.05) is 0 Å². The van der Waals surface area contributed by atoms with Gasteiger partial charge in [0.25, 0.3) is 0 Å². The fourth-order valence-electron chi connectivity index (χ4n) is 0.914. The minimum atomic E-state index is -4.74. The summed E-state index contributed by atoms with van der Waals surface area (Å²) in [5.41, 5.74) is -4.74. The summed E-state index contributed by atoms with van der Waals surface area (Å²) in [5, 5.41) is 0. The average molecular weight is 280 g/mol. The molecular formula is C8H3F7OS. The lowest BCUT2D eigenvalue weighted by atomic mass is 10.3. The van der Waals surface area contributed by atoms with Gasteiger partial charge in [-0.25, -0.2) is 4.39 Å². The van der Waals surface area contributed by atoms with E-state index in [-0.39, 0.29) is 6.07 Å². The summed E-state index contributed by atoms with van der Waals surface area (Å²) < 4.78 is 88.5. The first-order valence-corrected chi connectivity index (χ1v) is 4.70. The van der Waals surface area contributed by atoms with Gasteiger partial charge in [-0.05, 0) is 23.9 Å². The molecular weight excluding hydrogens is 277 g/mol. The zero-order valence-corrected chi connectivity index (χ0v) is 8.51. The molecule has 96 valence electrons. The molecule has 1 aromatic carbocycles. The number of hydrogen-bond donors (Lipinski definition) is 0. The highest BCUT2D eigenvalue weighted by atomic mass is 32.2. The second-order valence-electron chi connectivity index (χ2n) is 2.64. The van der Waals surface area contributed by atoms with Gasteiger partial charge in [-0.1, -0.05) is 0 Å². The van der Waals surface area contributed by atoms with E-state index < -0.39 is 46.2 Å². The SMILES string of the molecule is Fc1cc(SC(F)(F)F)cc(OC(F)F)c1F. The van der Waals surface area contributed by atoms with Gasteiger partial charge < -0.3 is 4.74 Å². The predicted molar refractivity (Wildman–Crippen MR) is 44.9 cm³/mol. The van der Waals surface area contributed by atoms with E-state index >= 15 is 0 Å². The third-order valence-corrected chi connectivity index (χ3v) is 2.12. The molecule has 0 radical (unpaired) electrons. The van der Waals surface area contributed by atoms with Crippen LogP contribution in [0.2, 0.25) is 0 Å². The van der Waals surface area contributed by atoms with Crippen LogP contribution in [0.3, 0.4) is 0 Å². The van der Waals surface area contributed by atoms with E-state index in [0.29, 0.717) is 6.07 Å². The highest BCUT2D eigenvalue weighted by Crippen LogP contribution is 2.39. The fraction of sp³-hybridized carbons (Fsp3) is 0.250. The summed E-state index contributed by atoms with van der Waals surface area (Å²) in [6, 6.07) is 0.592. The Morgan fingerprint density at radius 3 is 2.18 bits per heavy atom. The van der Waals surface area contributed by atoms with Gasteiger partial charge in [0.05, 0.1) is 0 Å². The van der Waals surface area contributed by atoms with Gasteiger partial charge in [0.1, 0.15) is 0 Å². The number of benzene rings is 1. The molecule has 17 heavy (non-hydrogen) atoms. The largest absolute Gasteiger partial charge is 0.446 e. The molecule has 0 unspecified atom stereocenters. The first-order valence-electron chi connectivity index (χ1n) is 3.88. The van der Waals surface area contributed by atoms with Crippen LogP contribution in [0.4, 0.5) is 30.7 Å². The van der Waals surface area contributed by atoms with Crippen LogP contribution in [-0.4, -0.2) is 12.1 Å². The Labute approximate surface area is 94.6 Å². The lowest BCUT2D eigenvalue weighted by Crippen LogP contribution is -2.06. The molecule has 1 rings (SSSR count). The van der Waals surface area contributed by atoms with Crippen LogP contribution < -0.4 is 4.74 Å². The highest BCUT2D eigenvalue weighted by molar-refractivity contribution is 8.00. The molecule has 0 fully saturated rings. The molecule has 0 saturated carbocycles. The first-order chi connectivity index (χ1) is 7.69. The van der Waals surface area contributed by atoms with Crippen LogP contribution >= 0.6 is 11.8 Å². The summed E-state index contributed by atoms with van der Waals surface area (Å²) in [7, 11) is 0. The van der Waals surface area contributed by atoms with Gasteiger partial charge in [-0.15, -0.1) is 0 Å². The number of alkyl halides is 5. The van der Waals surface area contributed by atoms with Crippen LogP contribution in [0.25, 0.3) is 0 Å². The number of hydrogen-bond acceptors (Lipinski definition) is 2. The minimum absolute atomic E-state index is 0.242. The van der Waals surface area contributed by atoms with Crippen molar-refractivity contribution in [1.82, 2.24) is 0 Å². The van der Waals surface area contributed by atoms with Gasteiger partial charge in [-0.2, -0.15) is 26.3 Å². The molecule has 0 aliphatic carbocycles. The Kier molecular flexibility index (Phi) is 4.12. The Hall–Kier alpha value is -1.12. The van der Waals surface area contributed by atoms with E-state index in [9.17, 15) is 30.7 Å². The molecule has 0 saturated heterocycles. The normalized spacial score (nSPS) is 12.0. The Balaban J connectivity index is 3.06. The van der Waals surface area contributed by atoms with Gasteiger partial charge in [0, 0.05) is 4.90 Å². The Bertz CT molecular complexity index is 404. The third-order valence-electron chi connectivity index (χ3n) is 1.42.